The molecule has 108 valence electrons. The number of hydrogen-bond donors (Lipinski definition) is 1. The summed E-state index contributed by atoms with van der Waals surface area (Å²) >= 11 is 1.65. The number of hydrogen-bond acceptors (Lipinski definition) is 3. The number of benzene rings is 1. The molecule has 3 nitrogen and oxygen atoms in total. The standard InChI is InChI=1S/C15H12F2N2OS/c16-10-2-3-13-11(7-10)12(5-6-21-13)19-15(20)9-1-4-14(17)18-8-9/h1-4,7-8,12H,5-6H2,(H,19,20). The van der Waals surface area contributed by atoms with Gasteiger partial charge in [-0.3, -0.25) is 4.79 Å². The SMILES string of the molecule is O=C(NC1CCSc2ccc(F)cc21)c1ccc(F)nc1. The molecule has 2 aromatic rings. The second-order valence-corrected chi connectivity index (χ2v) is 5.85. The molecule has 0 saturated heterocycles. The Hall–Kier alpha value is -1.95. The predicted molar refractivity (Wildman–Crippen MR) is 76.1 cm³/mol. The molecule has 21 heavy (non-hydrogen) atoms. The number of halogens is 2. The van der Waals surface area contributed by atoms with Crippen LogP contribution in [0.1, 0.15) is 28.4 Å². The molecular formula is C15H12F2N2OS. The van der Waals surface area contributed by atoms with E-state index in [1.807, 2.05) is 0 Å². The number of aromatic nitrogens is 1. The summed E-state index contributed by atoms with van der Waals surface area (Å²) in [6.45, 7) is 0. The van der Waals surface area contributed by atoms with Crippen molar-refractivity contribution in [1.29, 1.82) is 0 Å². The summed E-state index contributed by atoms with van der Waals surface area (Å²) in [6.07, 6.45) is 1.91. The molecule has 2 heterocycles. The van der Waals surface area contributed by atoms with Crippen LogP contribution in [0.2, 0.25) is 0 Å². The van der Waals surface area contributed by atoms with Crippen LogP contribution in [-0.4, -0.2) is 16.6 Å². The molecule has 1 amide bonds. The van der Waals surface area contributed by atoms with Crippen LogP contribution in [0.15, 0.2) is 41.4 Å². The highest BCUT2D eigenvalue weighted by atomic mass is 32.2. The highest BCUT2D eigenvalue weighted by Gasteiger charge is 2.23. The molecule has 1 atom stereocenters. The van der Waals surface area contributed by atoms with Gasteiger partial charge in [0.05, 0.1) is 11.6 Å². The van der Waals surface area contributed by atoms with Crippen LogP contribution in [0.25, 0.3) is 0 Å². The van der Waals surface area contributed by atoms with Crippen molar-refractivity contribution in [2.24, 2.45) is 0 Å². The summed E-state index contributed by atoms with van der Waals surface area (Å²) in [5.74, 6) is -0.438. The number of carbonyl (C=O) groups excluding carboxylic acids is 1. The van der Waals surface area contributed by atoms with E-state index in [9.17, 15) is 13.6 Å². The average Bonchev–Trinajstić information content (AvgIpc) is 2.48. The van der Waals surface area contributed by atoms with Gasteiger partial charge in [0.1, 0.15) is 5.82 Å². The van der Waals surface area contributed by atoms with Crippen molar-refractivity contribution in [3.8, 4) is 0 Å². The molecule has 0 bridgehead atoms. The number of thioether (sulfide) groups is 1. The van der Waals surface area contributed by atoms with E-state index in [2.05, 4.69) is 10.3 Å². The van der Waals surface area contributed by atoms with Crippen LogP contribution in [0.5, 0.6) is 0 Å². The van der Waals surface area contributed by atoms with Gasteiger partial charge in [-0.2, -0.15) is 4.39 Å². The molecule has 1 aliphatic heterocycles. The molecule has 0 radical (unpaired) electrons. The first-order chi connectivity index (χ1) is 10.1. The van der Waals surface area contributed by atoms with Crippen molar-refractivity contribution in [3.63, 3.8) is 0 Å². The third-order valence-corrected chi connectivity index (χ3v) is 4.43. The van der Waals surface area contributed by atoms with Crippen molar-refractivity contribution >= 4 is 17.7 Å². The number of nitrogens with one attached hydrogen (secondary N) is 1. The van der Waals surface area contributed by atoms with Crippen molar-refractivity contribution in [2.45, 2.75) is 17.4 Å². The minimum atomic E-state index is -0.631. The van der Waals surface area contributed by atoms with Gasteiger partial charge in [0.2, 0.25) is 5.95 Å². The lowest BCUT2D eigenvalue weighted by molar-refractivity contribution is 0.0934. The number of nitrogens with zero attached hydrogens (tertiary/aromatic N) is 1. The Bertz CT molecular complexity index is 676. The maximum atomic E-state index is 13.4. The van der Waals surface area contributed by atoms with Crippen molar-refractivity contribution in [3.05, 3.63) is 59.4 Å². The molecule has 0 fully saturated rings. The molecule has 1 aromatic carbocycles. The summed E-state index contributed by atoms with van der Waals surface area (Å²) in [4.78, 5) is 16.6. The van der Waals surface area contributed by atoms with E-state index in [4.69, 9.17) is 0 Å². The summed E-state index contributed by atoms with van der Waals surface area (Å²) in [6, 6.07) is 6.87. The van der Waals surface area contributed by atoms with E-state index in [1.54, 1.807) is 17.8 Å². The number of amides is 1. The Morgan fingerprint density at radius 3 is 2.90 bits per heavy atom. The van der Waals surface area contributed by atoms with Crippen LogP contribution < -0.4 is 5.32 Å². The summed E-state index contributed by atoms with van der Waals surface area (Å²) in [7, 11) is 0. The third-order valence-electron chi connectivity index (χ3n) is 3.31. The van der Waals surface area contributed by atoms with Crippen LogP contribution in [-0.2, 0) is 0 Å². The Morgan fingerprint density at radius 2 is 2.14 bits per heavy atom. The fraction of sp³-hybridized carbons (Fsp3) is 0.200. The topological polar surface area (TPSA) is 42.0 Å². The first-order valence-electron chi connectivity index (χ1n) is 6.48. The van der Waals surface area contributed by atoms with Gasteiger partial charge >= 0.3 is 0 Å². The Morgan fingerprint density at radius 1 is 1.29 bits per heavy atom. The molecule has 0 saturated carbocycles. The maximum absolute atomic E-state index is 13.4. The van der Waals surface area contributed by atoms with E-state index < -0.39 is 5.95 Å². The molecule has 6 heteroatoms. The lowest BCUT2D eigenvalue weighted by atomic mass is 10.0. The Kier molecular flexibility index (Phi) is 3.88. The average molecular weight is 306 g/mol. The van der Waals surface area contributed by atoms with E-state index in [1.165, 1.54) is 24.4 Å². The minimum absolute atomic E-state index is 0.241. The van der Waals surface area contributed by atoms with Gasteiger partial charge in [0.25, 0.3) is 5.91 Å². The van der Waals surface area contributed by atoms with Gasteiger partial charge in [-0.25, -0.2) is 9.37 Å². The van der Waals surface area contributed by atoms with Gasteiger partial charge in [-0.1, -0.05) is 0 Å². The summed E-state index contributed by atoms with van der Waals surface area (Å²) < 4.78 is 26.2. The highest BCUT2D eigenvalue weighted by molar-refractivity contribution is 7.99. The van der Waals surface area contributed by atoms with E-state index in [0.717, 1.165) is 28.7 Å². The molecule has 1 aliphatic rings. The molecule has 3 rings (SSSR count). The zero-order valence-corrected chi connectivity index (χ0v) is 11.8. The number of pyridine rings is 1. The van der Waals surface area contributed by atoms with Crippen molar-refractivity contribution in [1.82, 2.24) is 10.3 Å². The quantitative estimate of drug-likeness (QED) is 0.865. The van der Waals surface area contributed by atoms with Crippen molar-refractivity contribution < 1.29 is 13.6 Å². The zero-order chi connectivity index (χ0) is 14.8. The van der Waals surface area contributed by atoms with Crippen LogP contribution in [0, 0.1) is 11.8 Å². The van der Waals surface area contributed by atoms with Gasteiger partial charge < -0.3 is 5.32 Å². The van der Waals surface area contributed by atoms with Gasteiger partial charge in [-0.15, -0.1) is 11.8 Å². The smallest absolute Gasteiger partial charge is 0.253 e. The van der Waals surface area contributed by atoms with Crippen molar-refractivity contribution in [2.75, 3.05) is 5.75 Å². The number of rotatable bonds is 2. The third kappa shape index (κ3) is 3.05. The second kappa shape index (κ2) is 5.81. The largest absolute Gasteiger partial charge is 0.345 e. The zero-order valence-electron chi connectivity index (χ0n) is 11.0. The first kappa shape index (κ1) is 14.0. The predicted octanol–water partition coefficient (Wildman–Crippen LogP) is 3.33. The Balaban J connectivity index is 1.81. The summed E-state index contributed by atoms with van der Waals surface area (Å²) in [5, 5.41) is 2.86. The van der Waals surface area contributed by atoms with Crippen LogP contribution >= 0.6 is 11.8 Å². The monoisotopic (exact) mass is 306 g/mol. The van der Waals surface area contributed by atoms with Crippen LogP contribution in [0.4, 0.5) is 8.78 Å². The Labute approximate surface area is 124 Å². The normalized spacial score (nSPS) is 17.1. The molecule has 1 unspecified atom stereocenters. The van der Waals surface area contributed by atoms with Gasteiger partial charge in [-0.05, 0) is 42.3 Å². The molecule has 1 aromatic heterocycles. The first-order valence-corrected chi connectivity index (χ1v) is 7.47. The second-order valence-electron chi connectivity index (χ2n) is 4.71. The number of fused-ring (bicyclic) bond motifs is 1. The lowest BCUT2D eigenvalue weighted by Gasteiger charge is -2.26. The molecule has 0 spiro atoms. The van der Waals surface area contributed by atoms with Gasteiger partial charge in [0, 0.05) is 16.8 Å². The highest BCUT2D eigenvalue weighted by Crippen LogP contribution is 2.36. The number of carbonyl (C=O) groups is 1. The fourth-order valence-electron chi connectivity index (χ4n) is 2.27. The molecule has 0 aliphatic carbocycles. The lowest BCUT2D eigenvalue weighted by Crippen LogP contribution is -2.30. The fourth-order valence-corrected chi connectivity index (χ4v) is 3.37. The van der Waals surface area contributed by atoms with Crippen LogP contribution in [0.3, 0.4) is 0 Å². The molecular weight excluding hydrogens is 294 g/mol. The minimum Gasteiger partial charge on any atom is -0.345 e. The van der Waals surface area contributed by atoms with E-state index >= 15 is 0 Å². The van der Waals surface area contributed by atoms with E-state index in [-0.39, 0.29) is 23.3 Å². The van der Waals surface area contributed by atoms with E-state index in [0.29, 0.717) is 0 Å². The summed E-state index contributed by atoms with van der Waals surface area (Å²) in [5.41, 5.74) is 1.07. The maximum Gasteiger partial charge on any atom is 0.253 e. The molecule has 1 N–H and O–H groups in total. The van der Waals surface area contributed by atoms with Gasteiger partial charge in [0.15, 0.2) is 0 Å².